The number of nitriles is 1. The Balaban J connectivity index is 1.63. The van der Waals surface area contributed by atoms with E-state index in [4.69, 9.17) is 4.98 Å². The van der Waals surface area contributed by atoms with E-state index in [-0.39, 0.29) is 11.6 Å². The van der Waals surface area contributed by atoms with Gasteiger partial charge in [0.15, 0.2) is 5.82 Å². The first-order valence-corrected chi connectivity index (χ1v) is 11.6. The summed E-state index contributed by atoms with van der Waals surface area (Å²) >= 11 is 0. The largest absolute Gasteiger partial charge is 0.369 e. The molecule has 0 aliphatic carbocycles. The topological polar surface area (TPSA) is 73.0 Å². The normalized spacial score (nSPS) is 13.7. The van der Waals surface area contributed by atoms with Gasteiger partial charge in [0.2, 0.25) is 0 Å². The zero-order chi connectivity index (χ0) is 24.5. The van der Waals surface area contributed by atoms with E-state index < -0.39 is 0 Å². The molecule has 0 atom stereocenters. The third-order valence-electron chi connectivity index (χ3n) is 6.32. The van der Waals surface area contributed by atoms with E-state index in [2.05, 4.69) is 21.4 Å². The highest BCUT2D eigenvalue weighted by Gasteiger charge is 2.22. The van der Waals surface area contributed by atoms with E-state index in [9.17, 15) is 9.65 Å². The molecule has 35 heavy (non-hydrogen) atoms. The van der Waals surface area contributed by atoms with E-state index in [0.717, 1.165) is 31.9 Å². The molecule has 0 amide bonds. The van der Waals surface area contributed by atoms with Gasteiger partial charge < -0.3 is 15.1 Å². The van der Waals surface area contributed by atoms with Gasteiger partial charge in [-0.25, -0.2) is 18.4 Å². The van der Waals surface area contributed by atoms with Crippen LogP contribution in [0.1, 0.15) is 12.5 Å². The summed E-state index contributed by atoms with van der Waals surface area (Å²) in [6.45, 7) is 5.79. The van der Waals surface area contributed by atoms with Crippen molar-refractivity contribution in [3.63, 3.8) is 0 Å². The lowest BCUT2D eigenvalue weighted by molar-refractivity contribution is 0.585. The predicted molar refractivity (Wildman–Crippen MR) is 133 cm³/mol. The second-order valence-electron chi connectivity index (χ2n) is 8.44. The molecule has 0 bridgehead atoms. The van der Waals surface area contributed by atoms with Gasteiger partial charge in [0.1, 0.15) is 29.0 Å². The first-order chi connectivity index (χ1) is 17.0. The molecule has 0 radical (unpaired) electrons. The number of aryl methyl sites for hydroxylation is 1. The highest BCUT2D eigenvalue weighted by atomic mass is 19.1. The molecule has 9 heteroatoms. The molecule has 1 aliphatic heterocycles. The maximum atomic E-state index is 15.2. The first-order valence-electron chi connectivity index (χ1n) is 11.6. The fourth-order valence-electron chi connectivity index (χ4n) is 4.51. The van der Waals surface area contributed by atoms with Crippen LogP contribution in [0, 0.1) is 23.0 Å². The van der Waals surface area contributed by atoms with Crippen LogP contribution in [0.2, 0.25) is 0 Å². The van der Waals surface area contributed by atoms with Crippen LogP contribution in [-0.4, -0.2) is 48.0 Å². The standard InChI is InChI=1S/C26H25F2N7/c1-3-35-26(21-14-20(15-22(28)25(21)32-35)34-12-10-30-11-13-34)33(2)23-9-6-18(16-29)24(31-23)17-4-7-19(27)8-5-17/h4-9,14-15,30H,3,10-13H2,1-2H3. The monoisotopic (exact) mass is 473 g/mol. The highest BCUT2D eigenvalue weighted by Crippen LogP contribution is 2.36. The minimum Gasteiger partial charge on any atom is -0.369 e. The minimum absolute atomic E-state index is 0.306. The zero-order valence-corrected chi connectivity index (χ0v) is 19.6. The quantitative estimate of drug-likeness (QED) is 0.462. The molecule has 5 rings (SSSR count). The SMILES string of the molecule is CCn1nc2c(F)cc(N3CCNCC3)cc2c1N(C)c1ccc(C#N)c(-c2ccc(F)cc2)n1. The molecule has 0 saturated carbocycles. The van der Waals surface area contributed by atoms with Gasteiger partial charge in [-0.15, -0.1) is 0 Å². The second-order valence-corrected chi connectivity index (χ2v) is 8.44. The van der Waals surface area contributed by atoms with Gasteiger partial charge in [-0.3, -0.25) is 0 Å². The van der Waals surface area contributed by atoms with Crippen LogP contribution in [0.4, 0.5) is 26.1 Å². The molecule has 1 N–H and O–H groups in total. The van der Waals surface area contributed by atoms with Gasteiger partial charge in [-0.2, -0.15) is 10.4 Å². The van der Waals surface area contributed by atoms with Gasteiger partial charge in [0.25, 0.3) is 0 Å². The molecule has 4 aromatic rings. The Morgan fingerprint density at radius 2 is 1.83 bits per heavy atom. The Bertz CT molecular complexity index is 1420. The molecule has 178 valence electrons. The maximum Gasteiger partial charge on any atom is 0.153 e. The second kappa shape index (κ2) is 9.31. The van der Waals surface area contributed by atoms with E-state index >= 15 is 4.39 Å². The summed E-state index contributed by atoms with van der Waals surface area (Å²) in [5.41, 5.74) is 2.60. The molecule has 7 nitrogen and oxygen atoms in total. The number of nitrogens with zero attached hydrogens (tertiary/aromatic N) is 6. The molecule has 3 heterocycles. The predicted octanol–water partition coefficient (Wildman–Crippen LogP) is 4.45. The van der Waals surface area contributed by atoms with Crippen LogP contribution in [0.15, 0.2) is 48.5 Å². The molecule has 1 aliphatic rings. The lowest BCUT2D eigenvalue weighted by atomic mass is 10.1. The number of anilines is 3. The van der Waals surface area contributed by atoms with Crippen molar-refractivity contribution in [2.75, 3.05) is 43.0 Å². The number of hydrogen-bond donors (Lipinski definition) is 1. The van der Waals surface area contributed by atoms with Crippen LogP contribution in [0.3, 0.4) is 0 Å². The molecule has 0 unspecified atom stereocenters. The van der Waals surface area contributed by atoms with Crippen molar-refractivity contribution in [1.82, 2.24) is 20.1 Å². The fraction of sp³-hybridized carbons (Fsp3) is 0.269. The van der Waals surface area contributed by atoms with Crippen molar-refractivity contribution in [3.05, 3.63) is 65.7 Å². The lowest BCUT2D eigenvalue weighted by Gasteiger charge is -2.29. The Labute approximate surface area is 202 Å². The number of fused-ring (bicyclic) bond motifs is 1. The molecule has 1 fully saturated rings. The van der Waals surface area contributed by atoms with Gasteiger partial charge >= 0.3 is 0 Å². The number of piperazine rings is 1. The molecular weight excluding hydrogens is 448 g/mol. The highest BCUT2D eigenvalue weighted by molar-refractivity contribution is 5.95. The Morgan fingerprint density at radius 1 is 1.09 bits per heavy atom. The van der Waals surface area contributed by atoms with Crippen molar-refractivity contribution in [2.24, 2.45) is 0 Å². The van der Waals surface area contributed by atoms with Gasteiger partial charge in [0, 0.05) is 56.4 Å². The Kier molecular flexibility index (Phi) is 6.05. The number of halogens is 2. The number of hydrogen-bond acceptors (Lipinski definition) is 6. The fourth-order valence-corrected chi connectivity index (χ4v) is 4.51. The minimum atomic E-state index is -0.363. The maximum absolute atomic E-state index is 15.2. The van der Waals surface area contributed by atoms with E-state index in [1.807, 2.05) is 24.9 Å². The lowest BCUT2D eigenvalue weighted by Crippen LogP contribution is -2.43. The van der Waals surface area contributed by atoms with Gasteiger partial charge in [-0.1, -0.05) is 0 Å². The van der Waals surface area contributed by atoms with Crippen LogP contribution >= 0.6 is 0 Å². The molecule has 0 spiro atoms. The average Bonchev–Trinajstić information content (AvgIpc) is 3.28. The van der Waals surface area contributed by atoms with Crippen molar-refractivity contribution in [2.45, 2.75) is 13.5 Å². The number of nitrogens with one attached hydrogen (secondary N) is 1. The van der Waals surface area contributed by atoms with Crippen LogP contribution in [-0.2, 0) is 6.54 Å². The summed E-state index contributed by atoms with van der Waals surface area (Å²) in [6.07, 6.45) is 0. The van der Waals surface area contributed by atoms with E-state index in [1.165, 1.54) is 12.1 Å². The third kappa shape index (κ3) is 4.17. The van der Waals surface area contributed by atoms with E-state index in [1.54, 1.807) is 35.0 Å². The summed E-state index contributed by atoms with van der Waals surface area (Å²) in [5.74, 6) is 0.548. The summed E-state index contributed by atoms with van der Waals surface area (Å²) in [7, 11) is 1.85. The summed E-state index contributed by atoms with van der Waals surface area (Å²) < 4.78 is 30.4. The van der Waals surface area contributed by atoms with Crippen LogP contribution in [0.25, 0.3) is 22.2 Å². The molecule has 2 aromatic carbocycles. The van der Waals surface area contributed by atoms with Crippen molar-refractivity contribution >= 4 is 28.2 Å². The first kappa shape index (κ1) is 22.7. The smallest absolute Gasteiger partial charge is 0.153 e. The van der Waals surface area contributed by atoms with Crippen LogP contribution in [0.5, 0.6) is 0 Å². The Hall–Kier alpha value is -4.03. The zero-order valence-electron chi connectivity index (χ0n) is 19.6. The Morgan fingerprint density at radius 3 is 2.51 bits per heavy atom. The average molecular weight is 474 g/mol. The number of aromatic nitrogens is 3. The van der Waals surface area contributed by atoms with Crippen molar-refractivity contribution < 1.29 is 8.78 Å². The van der Waals surface area contributed by atoms with Gasteiger partial charge in [0.05, 0.1) is 11.3 Å². The van der Waals surface area contributed by atoms with Crippen molar-refractivity contribution in [1.29, 1.82) is 5.26 Å². The number of rotatable bonds is 5. The van der Waals surface area contributed by atoms with Crippen LogP contribution < -0.4 is 15.1 Å². The molecular formula is C26H25F2N7. The molecule has 1 saturated heterocycles. The van der Waals surface area contributed by atoms with E-state index in [0.29, 0.717) is 45.9 Å². The number of pyridine rings is 1. The number of benzene rings is 2. The summed E-state index contributed by atoms with van der Waals surface area (Å²) in [6, 6.07) is 15.0. The molecule has 2 aromatic heterocycles. The van der Waals surface area contributed by atoms with Gasteiger partial charge in [-0.05, 0) is 55.5 Å². The summed E-state index contributed by atoms with van der Waals surface area (Å²) in [5, 5.41) is 18.2. The third-order valence-corrected chi connectivity index (χ3v) is 6.32. The summed E-state index contributed by atoms with van der Waals surface area (Å²) in [4.78, 5) is 8.76. The van der Waals surface area contributed by atoms with Crippen molar-refractivity contribution in [3.8, 4) is 17.3 Å².